The van der Waals surface area contributed by atoms with Gasteiger partial charge >= 0.3 is 6.09 Å². The molecule has 5 aromatic rings. The molecule has 2 amide bonds. The summed E-state index contributed by atoms with van der Waals surface area (Å²) < 4.78 is 12.4. The van der Waals surface area contributed by atoms with Crippen molar-refractivity contribution < 1.29 is 19.0 Å². The van der Waals surface area contributed by atoms with Gasteiger partial charge in [-0.1, -0.05) is 54.1 Å². The molecule has 0 atom stereocenters. The van der Waals surface area contributed by atoms with Crippen molar-refractivity contribution in [1.82, 2.24) is 35.5 Å². The molecule has 0 spiro atoms. The molecule has 1 aliphatic rings. The van der Waals surface area contributed by atoms with Gasteiger partial charge in [-0.25, -0.2) is 14.4 Å². The average molecular weight is 643 g/mol. The van der Waals surface area contributed by atoms with Crippen molar-refractivity contribution >= 4 is 40.5 Å². The standard InChI is InChI=1S/C33H35ClN8O4/c1-33(2,3)45-32(44)39-29-27(40-46-41-29)30-38-26-25(22-10-7-11-23(34)16-22)37-18-24(28(26)42(30)19-21-12-13-21)31(43)36-15-14-35-17-20-8-5-4-6-9-20/h4-11,16,18,21,35H,12-15,17,19H2,1-3H3,(H,36,43)(H,39,41,44). The molecule has 3 N–H and O–H groups in total. The van der Waals surface area contributed by atoms with E-state index < -0.39 is 11.7 Å². The highest BCUT2D eigenvalue weighted by atomic mass is 35.5. The van der Waals surface area contributed by atoms with Crippen LogP contribution in [0, 0.1) is 5.92 Å². The van der Waals surface area contributed by atoms with Gasteiger partial charge in [0.1, 0.15) is 11.1 Å². The minimum absolute atomic E-state index is 0.0503. The number of halogens is 1. The first-order valence-electron chi connectivity index (χ1n) is 15.2. The maximum absolute atomic E-state index is 13.7. The number of carbonyl (C=O) groups is 2. The monoisotopic (exact) mass is 642 g/mol. The number of imidazole rings is 1. The number of ether oxygens (including phenoxy) is 1. The summed E-state index contributed by atoms with van der Waals surface area (Å²) in [4.78, 5) is 36.1. The van der Waals surface area contributed by atoms with E-state index in [0.29, 0.717) is 65.2 Å². The summed E-state index contributed by atoms with van der Waals surface area (Å²) in [6.07, 6.45) is 2.94. The summed E-state index contributed by atoms with van der Waals surface area (Å²) in [7, 11) is 0. The number of amides is 2. The molecule has 238 valence electrons. The Morgan fingerprint density at radius 2 is 1.85 bits per heavy atom. The van der Waals surface area contributed by atoms with Gasteiger partial charge in [0.15, 0.2) is 11.5 Å². The summed E-state index contributed by atoms with van der Waals surface area (Å²) in [5.74, 6) is 0.531. The van der Waals surface area contributed by atoms with E-state index >= 15 is 0 Å². The lowest BCUT2D eigenvalue weighted by Gasteiger charge is -2.19. The number of carbonyl (C=O) groups excluding carboxylic acids is 2. The molecule has 46 heavy (non-hydrogen) atoms. The number of rotatable bonds is 11. The summed E-state index contributed by atoms with van der Waals surface area (Å²) in [5, 5.41) is 17.6. The van der Waals surface area contributed by atoms with E-state index in [-0.39, 0.29) is 17.4 Å². The zero-order valence-corrected chi connectivity index (χ0v) is 26.6. The van der Waals surface area contributed by atoms with Gasteiger partial charge in [-0.3, -0.25) is 15.1 Å². The van der Waals surface area contributed by atoms with Crippen molar-refractivity contribution in [2.45, 2.75) is 52.3 Å². The van der Waals surface area contributed by atoms with Crippen molar-refractivity contribution in [3.8, 4) is 22.8 Å². The fourth-order valence-electron chi connectivity index (χ4n) is 5.08. The Kier molecular flexibility index (Phi) is 9.00. The second kappa shape index (κ2) is 13.3. The van der Waals surface area contributed by atoms with Crippen LogP contribution in [0.15, 0.2) is 65.4 Å². The first-order valence-corrected chi connectivity index (χ1v) is 15.5. The Morgan fingerprint density at radius 1 is 1.04 bits per heavy atom. The van der Waals surface area contributed by atoms with Crippen LogP contribution >= 0.6 is 11.6 Å². The van der Waals surface area contributed by atoms with Crippen molar-refractivity contribution in [1.29, 1.82) is 0 Å². The summed E-state index contributed by atoms with van der Waals surface area (Å²) >= 11 is 6.35. The smallest absolute Gasteiger partial charge is 0.413 e. The maximum atomic E-state index is 13.7. The molecule has 13 heteroatoms. The van der Waals surface area contributed by atoms with Crippen LogP contribution in [0.2, 0.25) is 5.02 Å². The van der Waals surface area contributed by atoms with Gasteiger partial charge in [0.2, 0.25) is 5.82 Å². The Morgan fingerprint density at radius 3 is 2.59 bits per heavy atom. The van der Waals surface area contributed by atoms with Crippen molar-refractivity contribution in [2.24, 2.45) is 5.92 Å². The van der Waals surface area contributed by atoms with E-state index in [9.17, 15) is 9.59 Å². The van der Waals surface area contributed by atoms with E-state index in [1.54, 1.807) is 39.1 Å². The quantitative estimate of drug-likeness (QED) is 0.146. The predicted molar refractivity (Wildman–Crippen MR) is 174 cm³/mol. The van der Waals surface area contributed by atoms with E-state index in [1.807, 2.05) is 47.0 Å². The largest absolute Gasteiger partial charge is 0.444 e. The van der Waals surface area contributed by atoms with E-state index in [1.165, 1.54) is 0 Å². The molecule has 1 fully saturated rings. The number of benzene rings is 2. The normalized spacial score (nSPS) is 13.1. The van der Waals surface area contributed by atoms with Crippen molar-refractivity contribution in [3.63, 3.8) is 0 Å². The van der Waals surface area contributed by atoms with Gasteiger partial charge < -0.3 is 19.9 Å². The molecule has 1 aliphatic carbocycles. The zero-order valence-electron chi connectivity index (χ0n) is 25.8. The van der Waals surface area contributed by atoms with Crippen molar-refractivity contribution in [3.05, 3.63) is 76.9 Å². The topological polar surface area (TPSA) is 149 Å². The number of nitrogens with one attached hydrogen (secondary N) is 3. The third kappa shape index (κ3) is 7.35. The third-order valence-electron chi connectivity index (χ3n) is 7.33. The van der Waals surface area contributed by atoms with E-state index in [0.717, 1.165) is 24.0 Å². The van der Waals surface area contributed by atoms with Crippen LogP contribution in [0.5, 0.6) is 0 Å². The van der Waals surface area contributed by atoms with Crippen LogP contribution in [-0.4, -0.2) is 55.5 Å². The van der Waals surface area contributed by atoms with Gasteiger partial charge in [0.25, 0.3) is 5.91 Å². The third-order valence-corrected chi connectivity index (χ3v) is 7.56. The highest BCUT2D eigenvalue weighted by Crippen LogP contribution is 2.38. The highest BCUT2D eigenvalue weighted by molar-refractivity contribution is 6.30. The second-order valence-electron chi connectivity index (χ2n) is 12.2. The van der Waals surface area contributed by atoms with Crippen molar-refractivity contribution in [2.75, 3.05) is 18.4 Å². The van der Waals surface area contributed by atoms with Crippen LogP contribution < -0.4 is 16.0 Å². The van der Waals surface area contributed by atoms with E-state index in [2.05, 4.69) is 26.3 Å². The van der Waals surface area contributed by atoms with Crippen LogP contribution in [-0.2, 0) is 17.8 Å². The lowest BCUT2D eigenvalue weighted by atomic mass is 10.1. The lowest BCUT2D eigenvalue weighted by molar-refractivity contribution is 0.0634. The number of hydrogen-bond acceptors (Lipinski definition) is 9. The number of nitrogens with zero attached hydrogens (tertiary/aromatic N) is 5. The molecule has 12 nitrogen and oxygen atoms in total. The number of aromatic nitrogens is 5. The molecule has 2 aromatic carbocycles. The van der Waals surface area contributed by atoms with Gasteiger partial charge in [-0.05, 0) is 67.5 Å². The molecule has 0 saturated heterocycles. The summed E-state index contributed by atoms with van der Waals surface area (Å²) in [6.45, 7) is 7.54. The molecule has 3 aromatic heterocycles. The maximum Gasteiger partial charge on any atom is 0.413 e. The predicted octanol–water partition coefficient (Wildman–Crippen LogP) is 6.08. The van der Waals surface area contributed by atoms with Crippen LogP contribution in [0.1, 0.15) is 49.5 Å². The SMILES string of the molecule is CC(C)(C)OC(=O)Nc1nonc1-c1nc2c(-c3cccc(Cl)c3)ncc(C(=O)NCCNCc3ccccc3)c2n1CC1CC1. The lowest BCUT2D eigenvalue weighted by Crippen LogP contribution is -2.32. The highest BCUT2D eigenvalue weighted by Gasteiger charge is 2.31. The fourth-order valence-corrected chi connectivity index (χ4v) is 5.27. The molecule has 1 saturated carbocycles. The zero-order chi connectivity index (χ0) is 32.3. The van der Waals surface area contributed by atoms with Crippen LogP contribution in [0.4, 0.5) is 10.6 Å². The second-order valence-corrected chi connectivity index (χ2v) is 12.7. The number of pyridine rings is 1. The van der Waals surface area contributed by atoms with Gasteiger partial charge in [-0.2, -0.15) is 0 Å². The minimum atomic E-state index is -0.725. The number of fused-ring (bicyclic) bond motifs is 1. The Balaban J connectivity index is 1.37. The summed E-state index contributed by atoms with van der Waals surface area (Å²) in [5.41, 5.74) is 3.37. The Hall–Kier alpha value is -4.81. The van der Waals surface area contributed by atoms with Gasteiger partial charge in [-0.15, -0.1) is 0 Å². The molecule has 0 bridgehead atoms. The number of hydrogen-bond donors (Lipinski definition) is 3. The number of anilines is 1. The molecule has 0 unspecified atom stereocenters. The van der Waals surface area contributed by atoms with Crippen LogP contribution in [0.3, 0.4) is 0 Å². The van der Waals surface area contributed by atoms with E-state index in [4.69, 9.17) is 30.9 Å². The fraction of sp³-hybridized carbons (Fsp3) is 0.333. The Labute approximate surface area is 270 Å². The molecular weight excluding hydrogens is 608 g/mol. The molecule has 3 heterocycles. The molecule has 0 radical (unpaired) electrons. The molecule has 6 rings (SSSR count). The summed E-state index contributed by atoms with van der Waals surface area (Å²) in [6, 6.07) is 17.4. The average Bonchev–Trinajstić information content (AvgIpc) is 3.60. The molecule has 0 aliphatic heterocycles. The minimum Gasteiger partial charge on any atom is -0.444 e. The van der Waals surface area contributed by atoms with Gasteiger partial charge in [0, 0.05) is 43.0 Å². The van der Waals surface area contributed by atoms with Gasteiger partial charge in [0.05, 0.1) is 16.8 Å². The Bertz CT molecular complexity index is 1860. The first-order chi connectivity index (χ1) is 22.2. The first kappa shape index (κ1) is 31.2. The molecular formula is C33H35ClN8O4. The van der Waals surface area contributed by atoms with Crippen LogP contribution in [0.25, 0.3) is 33.8 Å².